The molecule has 1 N–H and O–H groups in total. The van der Waals surface area contributed by atoms with Gasteiger partial charge in [0.1, 0.15) is 34.9 Å². The molecule has 3 aromatic rings. The summed E-state index contributed by atoms with van der Waals surface area (Å²) in [6.45, 7) is 0. The van der Waals surface area contributed by atoms with Crippen LogP contribution in [0.1, 0.15) is 45.9 Å². The monoisotopic (exact) mass is 481 g/mol. The van der Waals surface area contributed by atoms with Gasteiger partial charge in [-0.25, -0.2) is 4.98 Å². The number of carbonyl (C=O) groups is 2. The summed E-state index contributed by atoms with van der Waals surface area (Å²) in [7, 11) is 0. The summed E-state index contributed by atoms with van der Waals surface area (Å²) in [5.74, 6) is 1.68. The van der Waals surface area contributed by atoms with E-state index in [1.807, 2.05) is 6.07 Å². The fourth-order valence-electron chi connectivity index (χ4n) is 4.82. The molecule has 1 amide bonds. The van der Waals surface area contributed by atoms with Gasteiger partial charge >= 0.3 is 6.18 Å². The van der Waals surface area contributed by atoms with E-state index in [0.29, 0.717) is 35.9 Å². The third kappa shape index (κ3) is 3.88. The average Bonchev–Trinajstić information content (AvgIpc) is 3.35. The highest BCUT2D eigenvalue weighted by atomic mass is 19.4. The molecule has 3 atom stereocenters. The predicted molar refractivity (Wildman–Crippen MR) is 117 cm³/mol. The molecule has 1 aromatic carbocycles. The van der Waals surface area contributed by atoms with Crippen molar-refractivity contribution in [1.29, 1.82) is 0 Å². The number of nitrogens with zero attached hydrogens (tertiary/aromatic N) is 2. The molecule has 35 heavy (non-hydrogen) atoms. The molecule has 0 unspecified atom stereocenters. The van der Waals surface area contributed by atoms with Gasteiger partial charge in [0.05, 0.1) is 5.56 Å². The number of aromatic nitrogens is 2. The van der Waals surface area contributed by atoms with Crippen LogP contribution in [0.4, 0.5) is 19.0 Å². The highest BCUT2D eigenvalue weighted by Crippen LogP contribution is 2.60. The third-order valence-corrected chi connectivity index (χ3v) is 6.59. The zero-order valence-corrected chi connectivity index (χ0v) is 18.1. The number of alkyl halides is 3. The maximum Gasteiger partial charge on any atom is 0.416 e. The number of carbonyl (C=O) groups excluding carboxylic acids is 2. The SMILES string of the molecule is O=C1CCc2c(Oc3ccc4c(c3)[C@H]3[C@H](CC(=O)c5cc(C(F)(F)F)ccn5)[C@H]3O4)ccnc2N1. The summed E-state index contributed by atoms with van der Waals surface area (Å²) in [6, 6.07) is 8.82. The van der Waals surface area contributed by atoms with Crippen molar-refractivity contribution in [2.24, 2.45) is 5.92 Å². The molecule has 1 aliphatic carbocycles. The minimum absolute atomic E-state index is 0.0334. The second-order valence-corrected chi connectivity index (χ2v) is 8.81. The van der Waals surface area contributed by atoms with E-state index in [2.05, 4.69) is 15.3 Å². The topological polar surface area (TPSA) is 90.4 Å². The van der Waals surface area contributed by atoms with Crippen molar-refractivity contribution in [3.63, 3.8) is 0 Å². The van der Waals surface area contributed by atoms with Crippen LogP contribution in [0, 0.1) is 5.92 Å². The zero-order valence-electron chi connectivity index (χ0n) is 18.1. The number of pyridine rings is 2. The highest BCUT2D eigenvalue weighted by molar-refractivity contribution is 5.95. The van der Waals surface area contributed by atoms with Crippen molar-refractivity contribution >= 4 is 17.5 Å². The second-order valence-electron chi connectivity index (χ2n) is 8.81. The summed E-state index contributed by atoms with van der Waals surface area (Å²) in [5.41, 5.74) is 0.633. The van der Waals surface area contributed by atoms with Gasteiger partial charge in [-0.2, -0.15) is 13.2 Å². The molecule has 1 fully saturated rings. The molecule has 1 saturated carbocycles. The minimum atomic E-state index is -4.54. The van der Waals surface area contributed by atoms with E-state index < -0.39 is 17.5 Å². The third-order valence-electron chi connectivity index (χ3n) is 6.59. The summed E-state index contributed by atoms with van der Waals surface area (Å²) < 4.78 is 51.0. The van der Waals surface area contributed by atoms with E-state index >= 15 is 0 Å². The van der Waals surface area contributed by atoms with Crippen LogP contribution in [0.5, 0.6) is 17.2 Å². The number of rotatable bonds is 5. The van der Waals surface area contributed by atoms with Crippen molar-refractivity contribution in [1.82, 2.24) is 9.97 Å². The van der Waals surface area contributed by atoms with E-state index in [1.54, 1.807) is 24.4 Å². The largest absolute Gasteiger partial charge is 0.489 e. The van der Waals surface area contributed by atoms with E-state index in [0.717, 1.165) is 29.5 Å². The first-order valence-corrected chi connectivity index (χ1v) is 11.1. The van der Waals surface area contributed by atoms with Crippen LogP contribution in [-0.4, -0.2) is 27.8 Å². The number of nitrogens with one attached hydrogen (secondary N) is 1. The van der Waals surface area contributed by atoms with Gasteiger partial charge in [-0.15, -0.1) is 0 Å². The van der Waals surface area contributed by atoms with Crippen LogP contribution in [0.3, 0.4) is 0 Å². The summed E-state index contributed by atoms with van der Waals surface area (Å²) in [6.07, 6.45) is -1.24. The molecule has 10 heteroatoms. The molecule has 0 radical (unpaired) electrons. The van der Waals surface area contributed by atoms with Gasteiger partial charge in [0.15, 0.2) is 5.78 Å². The molecule has 3 aliphatic rings. The van der Waals surface area contributed by atoms with E-state index in [-0.39, 0.29) is 36.0 Å². The number of ether oxygens (including phenoxy) is 2. The maximum absolute atomic E-state index is 13.0. The molecule has 2 aliphatic heterocycles. The van der Waals surface area contributed by atoms with Gasteiger partial charge in [0.25, 0.3) is 0 Å². The van der Waals surface area contributed by atoms with Gasteiger partial charge < -0.3 is 14.8 Å². The van der Waals surface area contributed by atoms with Crippen LogP contribution in [-0.2, 0) is 17.4 Å². The molecule has 7 nitrogen and oxygen atoms in total. The normalized spacial score (nSPS) is 21.8. The maximum atomic E-state index is 13.0. The number of benzene rings is 1. The number of fused-ring (bicyclic) bond motifs is 4. The van der Waals surface area contributed by atoms with Gasteiger partial charge in [0.2, 0.25) is 5.91 Å². The first-order valence-electron chi connectivity index (χ1n) is 11.1. The Bertz CT molecular complexity index is 1370. The molecule has 4 heterocycles. The smallest absolute Gasteiger partial charge is 0.416 e. The Balaban J connectivity index is 1.18. The van der Waals surface area contributed by atoms with Crippen LogP contribution in [0.15, 0.2) is 48.8 Å². The van der Waals surface area contributed by atoms with Crippen LogP contribution >= 0.6 is 0 Å². The van der Waals surface area contributed by atoms with Crippen LogP contribution in [0.25, 0.3) is 0 Å². The summed E-state index contributed by atoms with van der Waals surface area (Å²) in [4.78, 5) is 32.3. The quantitative estimate of drug-likeness (QED) is 0.521. The van der Waals surface area contributed by atoms with Crippen LogP contribution < -0.4 is 14.8 Å². The molecule has 2 aromatic heterocycles. The zero-order chi connectivity index (χ0) is 24.3. The molecule has 178 valence electrons. The van der Waals surface area contributed by atoms with Crippen molar-refractivity contribution in [2.45, 2.75) is 37.5 Å². The number of amides is 1. The number of hydrogen-bond donors (Lipinski definition) is 1. The Hall–Kier alpha value is -3.95. The number of anilines is 1. The van der Waals surface area contributed by atoms with E-state index in [1.165, 1.54) is 0 Å². The lowest BCUT2D eigenvalue weighted by Gasteiger charge is -2.19. The molecular weight excluding hydrogens is 463 g/mol. The Morgan fingerprint density at radius 2 is 1.94 bits per heavy atom. The Morgan fingerprint density at radius 3 is 2.77 bits per heavy atom. The predicted octanol–water partition coefficient (Wildman–Crippen LogP) is 4.92. The Kier molecular flexibility index (Phi) is 4.80. The number of ketones is 1. The summed E-state index contributed by atoms with van der Waals surface area (Å²) >= 11 is 0. The van der Waals surface area contributed by atoms with Crippen molar-refractivity contribution in [3.05, 3.63) is 71.2 Å². The summed E-state index contributed by atoms with van der Waals surface area (Å²) in [5, 5.41) is 2.74. The van der Waals surface area contributed by atoms with Crippen molar-refractivity contribution in [3.8, 4) is 17.2 Å². The molecule has 0 bridgehead atoms. The van der Waals surface area contributed by atoms with Gasteiger partial charge in [-0.05, 0) is 42.8 Å². The Labute approximate surface area is 197 Å². The van der Waals surface area contributed by atoms with E-state index in [9.17, 15) is 22.8 Å². The standard InChI is InChI=1S/C25H18F3N3O4/c26-25(27,28)12-5-7-29-17(9-12)18(32)11-16-22-15-10-13(1-3-19(15)35-23(16)22)34-20-6-8-30-24-14(20)2-4-21(33)31-24/h1,3,5-10,16,22-23H,2,4,11H2,(H,30,31,33)/t16-,22-,23+/m0/s1. The molecule has 0 spiro atoms. The molecule has 0 saturated heterocycles. The second kappa shape index (κ2) is 7.79. The fourth-order valence-corrected chi connectivity index (χ4v) is 4.82. The molecule has 6 rings (SSSR count). The number of halogens is 3. The average molecular weight is 481 g/mol. The van der Waals surface area contributed by atoms with Crippen LogP contribution in [0.2, 0.25) is 0 Å². The first-order chi connectivity index (χ1) is 16.8. The number of hydrogen-bond acceptors (Lipinski definition) is 6. The van der Waals surface area contributed by atoms with Gasteiger partial charge in [-0.3, -0.25) is 14.6 Å². The van der Waals surface area contributed by atoms with Gasteiger partial charge in [-0.1, -0.05) is 0 Å². The Morgan fingerprint density at radius 1 is 1.11 bits per heavy atom. The lowest BCUT2D eigenvalue weighted by atomic mass is 10.0. The van der Waals surface area contributed by atoms with Crippen molar-refractivity contribution < 1.29 is 32.2 Å². The number of Topliss-reactive ketones (excluding diaryl/α,β-unsaturated/α-hetero) is 1. The molecular formula is C25H18F3N3O4. The fraction of sp³-hybridized carbons (Fsp3) is 0.280. The van der Waals surface area contributed by atoms with Gasteiger partial charge in [0, 0.05) is 48.2 Å². The lowest BCUT2D eigenvalue weighted by molar-refractivity contribution is -0.137. The van der Waals surface area contributed by atoms with E-state index in [4.69, 9.17) is 9.47 Å². The lowest BCUT2D eigenvalue weighted by Crippen LogP contribution is -2.20. The highest BCUT2D eigenvalue weighted by Gasteiger charge is 2.59. The van der Waals surface area contributed by atoms with Crippen molar-refractivity contribution in [2.75, 3.05) is 5.32 Å². The first kappa shape index (κ1) is 21.6. The minimum Gasteiger partial charge on any atom is -0.489 e.